The lowest BCUT2D eigenvalue weighted by Gasteiger charge is -2.46. The van der Waals surface area contributed by atoms with E-state index in [0.717, 1.165) is 4.90 Å². The largest absolute Gasteiger partial charge is 0.444 e. The number of piperidine rings is 1. The number of piperazine rings is 1. The predicted molar refractivity (Wildman–Crippen MR) is 116 cm³/mol. The molecule has 4 rings (SSSR count). The minimum absolute atomic E-state index is 0.187. The van der Waals surface area contributed by atoms with E-state index in [0.29, 0.717) is 43.0 Å². The van der Waals surface area contributed by atoms with Crippen molar-refractivity contribution in [1.29, 1.82) is 0 Å². The number of aromatic nitrogens is 3. The highest BCUT2D eigenvalue weighted by Crippen LogP contribution is 2.33. The van der Waals surface area contributed by atoms with Gasteiger partial charge in [0.2, 0.25) is 0 Å². The Labute approximate surface area is 184 Å². The second-order valence-electron chi connectivity index (χ2n) is 9.51. The number of halogens is 2. The van der Waals surface area contributed by atoms with Crippen molar-refractivity contribution in [2.45, 2.75) is 44.8 Å². The number of H-pyrrole nitrogens is 1. The maximum atomic E-state index is 15.0. The van der Waals surface area contributed by atoms with Crippen LogP contribution in [0, 0.1) is 0 Å². The number of hydrogen-bond donors (Lipinski definition) is 1. The first kappa shape index (κ1) is 22.5. The van der Waals surface area contributed by atoms with Gasteiger partial charge < -0.3 is 19.5 Å². The van der Waals surface area contributed by atoms with E-state index in [-0.39, 0.29) is 18.7 Å². The molecule has 2 fully saturated rings. The van der Waals surface area contributed by atoms with Crippen LogP contribution < -0.4 is 10.6 Å². The molecule has 4 heterocycles. The van der Waals surface area contributed by atoms with Crippen molar-refractivity contribution >= 4 is 22.9 Å². The van der Waals surface area contributed by atoms with E-state index in [4.69, 9.17) is 4.74 Å². The average molecular weight is 453 g/mol. The monoisotopic (exact) mass is 452 g/mol. The minimum atomic E-state index is -3.03. The van der Waals surface area contributed by atoms with Gasteiger partial charge in [0.25, 0.3) is 5.92 Å². The Bertz CT molecular complexity index is 1050. The number of ether oxygens (including phenoxy) is 1. The second kappa shape index (κ2) is 8.02. The number of hydrogen-bond acceptors (Lipinski definition) is 6. The molecule has 32 heavy (non-hydrogen) atoms. The summed E-state index contributed by atoms with van der Waals surface area (Å²) in [6.07, 6.45) is 1.13. The van der Waals surface area contributed by atoms with Crippen LogP contribution in [0.1, 0.15) is 27.2 Å². The fraction of sp³-hybridized carbons (Fsp3) is 0.667. The topological polar surface area (TPSA) is 86.7 Å². The highest BCUT2D eigenvalue weighted by Gasteiger charge is 2.49. The predicted octanol–water partition coefficient (Wildman–Crippen LogP) is 2.03. The molecule has 0 spiro atoms. The number of carbonyl (C=O) groups excluding carboxylic acids is 1. The molecule has 0 aliphatic carbocycles. The summed E-state index contributed by atoms with van der Waals surface area (Å²) in [5.41, 5.74) is 0.469. The first-order valence-electron chi connectivity index (χ1n) is 10.8. The summed E-state index contributed by atoms with van der Waals surface area (Å²) in [5.74, 6) is -2.35. The number of rotatable bonds is 2. The van der Waals surface area contributed by atoms with E-state index in [9.17, 15) is 9.59 Å². The van der Waals surface area contributed by atoms with Crippen molar-refractivity contribution in [3.63, 3.8) is 0 Å². The lowest BCUT2D eigenvalue weighted by Crippen LogP contribution is -2.62. The van der Waals surface area contributed by atoms with Crippen LogP contribution in [-0.2, 0) is 11.8 Å². The van der Waals surface area contributed by atoms with Crippen LogP contribution >= 0.6 is 0 Å². The van der Waals surface area contributed by atoms with Gasteiger partial charge >= 0.3 is 11.8 Å². The summed E-state index contributed by atoms with van der Waals surface area (Å²) < 4.78 is 36.8. The third-order valence-electron chi connectivity index (χ3n) is 6.05. The molecule has 0 saturated carbocycles. The maximum Gasteiger partial charge on any atom is 0.410 e. The van der Waals surface area contributed by atoms with Crippen molar-refractivity contribution in [1.82, 2.24) is 24.3 Å². The van der Waals surface area contributed by atoms with Gasteiger partial charge in [-0.05, 0) is 33.3 Å². The summed E-state index contributed by atoms with van der Waals surface area (Å²) in [7, 11) is 1.68. The van der Waals surface area contributed by atoms with Gasteiger partial charge in [-0.25, -0.2) is 23.4 Å². The highest BCUT2D eigenvalue weighted by atomic mass is 19.3. The number of aryl methyl sites for hydroxylation is 1. The Balaban J connectivity index is 1.42. The van der Waals surface area contributed by atoms with Crippen molar-refractivity contribution < 1.29 is 18.3 Å². The SMILES string of the molecule is Cn1c(=O)[nH]c2ccnc(N3CCN([C@H]4CCN(C(=O)OC(C)(C)C)CC4(F)F)CC3)c21. The molecule has 2 saturated heterocycles. The number of carbonyl (C=O) groups is 1. The summed E-state index contributed by atoms with van der Waals surface area (Å²) in [5, 5.41) is 0. The smallest absolute Gasteiger partial charge is 0.410 e. The van der Waals surface area contributed by atoms with Gasteiger partial charge in [0.15, 0.2) is 5.82 Å². The van der Waals surface area contributed by atoms with Gasteiger partial charge in [-0.3, -0.25) is 9.47 Å². The summed E-state index contributed by atoms with van der Waals surface area (Å²) in [4.78, 5) is 36.4. The molecular weight excluding hydrogens is 422 g/mol. The zero-order valence-electron chi connectivity index (χ0n) is 18.9. The van der Waals surface area contributed by atoms with Crippen LogP contribution in [0.3, 0.4) is 0 Å². The normalized spacial score (nSPS) is 22.4. The molecule has 2 aliphatic heterocycles. The molecule has 1 N–H and O–H groups in total. The van der Waals surface area contributed by atoms with Crippen LogP contribution in [0.5, 0.6) is 0 Å². The zero-order valence-corrected chi connectivity index (χ0v) is 18.9. The molecule has 1 amide bonds. The molecule has 1 atom stereocenters. The number of amides is 1. The van der Waals surface area contributed by atoms with Crippen LogP contribution in [-0.4, -0.2) is 87.3 Å². The maximum absolute atomic E-state index is 15.0. The van der Waals surface area contributed by atoms with Crippen LogP contribution in [0.15, 0.2) is 17.1 Å². The van der Waals surface area contributed by atoms with Gasteiger partial charge in [-0.1, -0.05) is 0 Å². The third kappa shape index (κ3) is 4.30. The number of fused-ring (bicyclic) bond motifs is 1. The molecular formula is C21H30F2N6O3. The number of imidazole rings is 1. The summed E-state index contributed by atoms with van der Waals surface area (Å²) in [6, 6.07) is 0.818. The summed E-state index contributed by atoms with van der Waals surface area (Å²) >= 11 is 0. The fourth-order valence-corrected chi connectivity index (χ4v) is 4.51. The molecule has 2 aliphatic rings. The van der Waals surface area contributed by atoms with E-state index in [1.165, 1.54) is 4.57 Å². The number of anilines is 1. The Morgan fingerprint density at radius 3 is 2.53 bits per heavy atom. The molecule has 0 aromatic carbocycles. The Kier molecular flexibility index (Phi) is 5.64. The van der Waals surface area contributed by atoms with Gasteiger partial charge in [-0.15, -0.1) is 0 Å². The van der Waals surface area contributed by atoms with Gasteiger partial charge in [0.1, 0.15) is 11.1 Å². The molecule has 176 valence electrons. The molecule has 0 bridgehead atoms. The van der Waals surface area contributed by atoms with Crippen LogP contribution in [0.4, 0.5) is 19.4 Å². The standard InChI is InChI=1S/C21H30F2N6O3/c1-20(2,3)32-19(31)29-8-6-15(21(22,23)13-29)27-9-11-28(12-10-27)17-16-14(5-7-24-17)25-18(30)26(16)4/h5,7,15H,6,8-13H2,1-4H3,(H,25,30)/t15-/m0/s1. The minimum Gasteiger partial charge on any atom is -0.444 e. The quantitative estimate of drug-likeness (QED) is 0.751. The van der Waals surface area contributed by atoms with Crippen LogP contribution in [0.25, 0.3) is 11.0 Å². The second-order valence-corrected chi connectivity index (χ2v) is 9.51. The van der Waals surface area contributed by atoms with Gasteiger partial charge in [0.05, 0.1) is 18.1 Å². The Morgan fingerprint density at radius 1 is 1.22 bits per heavy atom. The first-order valence-corrected chi connectivity index (χ1v) is 10.8. The van der Waals surface area contributed by atoms with E-state index in [2.05, 4.69) is 9.97 Å². The molecule has 9 nitrogen and oxygen atoms in total. The van der Waals surface area contributed by atoms with Crippen molar-refractivity contribution in [2.24, 2.45) is 7.05 Å². The number of likely N-dealkylation sites (tertiary alicyclic amines) is 1. The summed E-state index contributed by atoms with van der Waals surface area (Å²) in [6.45, 7) is 6.69. The van der Waals surface area contributed by atoms with Crippen molar-refractivity contribution in [2.75, 3.05) is 44.2 Å². The zero-order chi connectivity index (χ0) is 23.3. The van der Waals surface area contributed by atoms with Gasteiger partial charge in [0, 0.05) is 46.0 Å². The average Bonchev–Trinajstić information content (AvgIpc) is 3.00. The van der Waals surface area contributed by atoms with E-state index in [1.807, 2.05) is 4.90 Å². The van der Waals surface area contributed by atoms with Crippen LogP contribution in [0.2, 0.25) is 0 Å². The Morgan fingerprint density at radius 2 is 1.91 bits per heavy atom. The molecule has 2 aromatic heterocycles. The van der Waals surface area contributed by atoms with E-state index in [1.54, 1.807) is 45.0 Å². The van der Waals surface area contributed by atoms with Crippen molar-refractivity contribution in [3.8, 4) is 0 Å². The fourth-order valence-electron chi connectivity index (χ4n) is 4.51. The Hall–Kier alpha value is -2.69. The van der Waals surface area contributed by atoms with E-state index < -0.39 is 30.2 Å². The number of aromatic amines is 1. The molecule has 0 unspecified atom stereocenters. The number of nitrogens with one attached hydrogen (secondary N) is 1. The number of alkyl halides is 2. The van der Waals surface area contributed by atoms with Crippen molar-refractivity contribution in [3.05, 3.63) is 22.7 Å². The third-order valence-corrected chi connectivity index (χ3v) is 6.05. The number of pyridine rings is 1. The van der Waals surface area contributed by atoms with E-state index >= 15 is 8.78 Å². The lowest BCUT2D eigenvalue weighted by molar-refractivity contribution is -0.126. The molecule has 0 radical (unpaired) electrons. The van der Waals surface area contributed by atoms with Gasteiger partial charge in [-0.2, -0.15) is 0 Å². The highest BCUT2D eigenvalue weighted by molar-refractivity contribution is 5.86. The number of nitrogens with zero attached hydrogens (tertiary/aromatic N) is 5. The molecule has 2 aromatic rings. The first-order chi connectivity index (χ1) is 15.0. The lowest BCUT2D eigenvalue weighted by atomic mass is 9.98. The molecule has 11 heteroatoms.